The van der Waals surface area contributed by atoms with Crippen molar-refractivity contribution in [2.45, 2.75) is 39.3 Å². The number of nitrogens with one attached hydrogen (secondary N) is 1. The highest BCUT2D eigenvalue weighted by Gasteiger charge is 2.20. The molecule has 0 amide bonds. The fourth-order valence-electron chi connectivity index (χ4n) is 1.81. The van der Waals surface area contributed by atoms with Gasteiger partial charge in [0.15, 0.2) is 0 Å². The molecule has 110 valence electrons. The molecule has 0 bridgehead atoms. The summed E-state index contributed by atoms with van der Waals surface area (Å²) in [5.74, 6) is 0. The number of ether oxygens (including phenoxy) is 1. The van der Waals surface area contributed by atoms with Crippen molar-refractivity contribution in [1.82, 2.24) is 5.32 Å². The second-order valence-electron chi connectivity index (χ2n) is 4.88. The van der Waals surface area contributed by atoms with Crippen LogP contribution in [0.5, 0.6) is 0 Å². The van der Waals surface area contributed by atoms with E-state index in [1.807, 2.05) is 32.1 Å². The molecule has 0 aromatic carbocycles. The summed E-state index contributed by atoms with van der Waals surface area (Å²) in [6.07, 6.45) is 10.4. The zero-order valence-electron chi connectivity index (χ0n) is 12.7. The smallest absolute Gasteiger partial charge is 0.116 e. The molecule has 1 heterocycles. The summed E-state index contributed by atoms with van der Waals surface area (Å²) in [5, 5.41) is 3.37. The van der Waals surface area contributed by atoms with Crippen molar-refractivity contribution in [3.8, 4) is 0 Å². The Morgan fingerprint density at radius 2 is 2.30 bits per heavy atom. The highest BCUT2D eigenvalue weighted by Crippen LogP contribution is 2.11. The molecule has 0 aliphatic carbocycles. The molecule has 0 aromatic heterocycles. The molecule has 0 radical (unpaired) electrons. The Bertz CT molecular complexity index is 421. The third-order valence-corrected chi connectivity index (χ3v) is 3.04. The summed E-state index contributed by atoms with van der Waals surface area (Å²) in [6, 6.07) is 0.534. The summed E-state index contributed by atoms with van der Waals surface area (Å²) in [7, 11) is 0. The van der Waals surface area contributed by atoms with Gasteiger partial charge in [0, 0.05) is 18.3 Å². The average Bonchev–Trinajstić information content (AvgIpc) is 2.86. The normalized spacial score (nSPS) is 24.9. The van der Waals surface area contributed by atoms with Gasteiger partial charge in [-0.05, 0) is 39.3 Å². The minimum Gasteiger partial charge on any atom is -0.371 e. The first-order chi connectivity index (χ1) is 9.65. The minimum atomic E-state index is 0.271. The maximum absolute atomic E-state index is 5.87. The maximum atomic E-state index is 5.87. The summed E-state index contributed by atoms with van der Waals surface area (Å²) in [4.78, 5) is 8.49. The topological polar surface area (TPSA) is 46.0 Å². The molecule has 2 unspecified atom stereocenters. The van der Waals surface area contributed by atoms with Crippen molar-refractivity contribution in [1.29, 1.82) is 0 Å². The van der Waals surface area contributed by atoms with Crippen molar-refractivity contribution in [2.24, 2.45) is 9.98 Å². The second-order valence-corrected chi connectivity index (χ2v) is 4.88. The lowest BCUT2D eigenvalue weighted by atomic mass is 10.2. The third kappa shape index (κ3) is 6.59. The number of aliphatic imine (C=N–C) groups is 2. The zero-order chi connectivity index (χ0) is 14.8. The molecule has 1 N–H and O–H groups in total. The van der Waals surface area contributed by atoms with Gasteiger partial charge in [0.25, 0.3) is 0 Å². The van der Waals surface area contributed by atoms with Gasteiger partial charge in [-0.2, -0.15) is 0 Å². The molecule has 1 aliphatic rings. The molecule has 1 fully saturated rings. The highest BCUT2D eigenvalue weighted by atomic mass is 16.5. The van der Waals surface area contributed by atoms with E-state index in [4.69, 9.17) is 4.74 Å². The largest absolute Gasteiger partial charge is 0.371 e. The molecule has 0 saturated carbocycles. The van der Waals surface area contributed by atoms with Gasteiger partial charge in [-0.25, -0.2) is 9.98 Å². The second kappa shape index (κ2) is 9.39. The van der Waals surface area contributed by atoms with E-state index in [0.29, 0.717) is 12.6 Å². The molecular formula is C16H25N3O. The van der Waals surface area contributed by atoms with E-state index in [1.54, 1.807) is 12.4 Å². The van der Waals surface area contributed by atoms with E-state index in [1.165, 1.54) is 0 Å². The summed E-state index contributed by atoms with van der Waals surface area (Å²) < 4.78 is 5.87. The molecule has 1 aliphatic heterocycles. The van der Waals surface area contributed by atoms with Crippen LogP contribution in [0.1, 0.15) is 27.2 Å². The fraction of sp³-hybridized carbons (Fsp3) is 0.500. The molecule has 0 spiro atoms. The van der Waals surface area contributed by atoms with Crippen LogP contribution >= 0.6 is 0 Å². The van der Waals surface area contributed by atoms with E-state index in [-0.39, 0.29) is 6.10 Å². The standard InChI is InChI=1S/C16H25N3O/c1-5-7-8-15(19-12-18-13(3)6-2)11-20-16-9-14(4)17-10-16/h5-8,12,14,16-17H,2,9-11H2,1,3-4H3/b7-5-,15-8+,18-13?,19-12?. The number of hydrogen-bond donors (Lipinski definition) is 1. The van der Waals surface area contributed by atoms with Gasteiger partial charge in [-0.1, -0.05) is 18.7 Å². The molecule has 4 nitrogen and oxygen atoms in total. The Morgan fingerprint density at radius 1 is 1.50 bits per heavy atom. The van der Waals surface area contributed by atoms with Crippen LogP contribution in [0.3, 0.4) is 0 Å². The Balaban J connectivity index is 2.54. The maximum Gasteiger partial charge on any atom is 0.116 e. The summed E-state index contributed by atoms with van der Waals surface area (Å²) >= 11 is 0. The van der Waals surface area contributed by atoms with Gasteiger partial charge in [-0.3, -0.25) is 0 Å². The van der Waals surface area contributed by atoms with Crippen molar-refractivity contribution < 1.29 is 4.74 Å². The van der Waals surface area contributed by atoms with Gasteiger partial charge >= 0.3 is 0 Å². The number of nitrogens with zero attached hydrogens (tertiary/aromatic N) is 2. The quantitative estimate of drug-likeness (QED) is 0.441. The highest BCUT2D eigenvalue weighted by molar-refractivity contribution is 5.96. The van der Waals surface area contributed by atoms with Crippen LogP contribution in [-0.4, -0.2) is 37.3 Å². The van der Waals surface area contributed by atoms with Crippen LogP contribution in [-0.2, 0) is 4.74 Å². The molecule has 4 heteroatoms. The van der Waals surface area contributed by atoms with Crippen molar-refractivity contribution in [3.05, 3.63) is 36.6 Å². The van der Waals surface area contributed by atoms with Gasteiger partial charge in [0.05, 0.1) is 18.4 Å². The Kier molecular flexibility index (Phi) is 7.77. The summed E-state index contributed by atoms with van der Waals surface area (Å²) in [6.45, 7) is 11.1. The first-order valence-corrected chi connectivity index (χ1v) is 7.02. The SMILES string of the molecule is C=CC(C)=NC=N/C(=C/C=C\C)COC1CNC(C)C1. The van der Waals surface area contributed by atoms with Gasteiger partial charge in [0.2, 0.25) is 0 Å². The van der Waals surface area contributed by atoms with Crippen molar-refractivity contribution in [3.63, 3.8) is 0 Å². The molecule has 1 saturated heterocycles. The molecular weight excluding hydrogens is 250 g/mol. The Labute approximate surface area is 122 Å². The first-order valence-electron chi connectivity index (χ1n) is 7.02. The van der Waals surface area contributed by atoms with Crippen LogP contribution < -0.4 is 5.32 Å². The van der Waals surface area contributed by atoms with Crippen LogP contribution in [0.2, 0.25) is 0 Å². The van der Waals surface area contributed by atoms with Crippen LogP contribution in [0.25, 0.3) is 0 Å². The van der Waals surface area contributed by atoms with Crippen LogP contribution in [0, 0.1) is 0 Å². The van der Waals surface area contributed by atoms with Crippen LogP contribution in [0.4, 0.5) is 0 Å². The van der Waals surface area contributed by atoms with Gasteiger partial charge in [-0.15, -0.1) is 0 Å². The molecule has 0 aromatic rings. The Morgan fingerprint density at radius 3 is 2.90 bits per heavy atom. The first kappa shape index (κ1) is 16.5. The Hall–Kier alpha value is -1.52. The van der Waals surface area contributed by atoms with Gasteiger partial charge < -0.3 is 10.1 Å². The lowest BCUT2D eigenvalue weighted by Crippen LogP contribution is -2.19. The lowest BCUT2D eigenvalue weighted by molar-refractivity contribution is 0.0826. The number of hydrogen-bond acceptors (Lipinski definition) is 3. The predicted octanol–water partition coefficient (Wildman–Crippen LogP) is 2.89. The van der Waals surface area contributed by atoms with Crippen LogP contribution in [0.15, 0.2) is 46.6 Å². The number of rotatable bonds is 7. The molecule has 2 atom stereocenters. The van der Waals surface area contributed by atoms with Crippen molar-refractivity contribution >= 4 is 12.1 Å². The van der Waals surface area contributed by atoms with Crippen molar-refractivity contribution in [2.75, 3.05) is 13.2 Å². The van der Waals surface area contributed by atoms with E-state index in [2.05, 4.69) is 28.8 Å². The predicted molar refractivity (Wildman–Crippen MR) is 86.5 cm³/mol. The monoisotopic (exact) mass is 275 g/mol. The van der Waals surface area contributed by atoms with E-state index >= 15 is 0 Å². The third-order valence-electron chi connectivity index (χ3n) is 3.04. The van der Waals surface area contributed by atoms with E-state index < -0.39 is 0 Å². The minimum absolute atomic E-state index is 0.271. The fourth-order valence-corrected chi connectivity index (χ4v) is 1.81. The van der Waals surface area contributed by atoms with E-state index in [0.717, 1.165) is 24.4 Å². The summed E-state index contributed by atoms with van der Waals surface area (Å²) in [5.41, 5.74) is 1.71. The lowest BCUT2D eigenvalue weighted by Gasteiger charge is -2.10. The van der Waals surface area contributed by atoms with Gasteiger partial charge in [0.1, 0.15) is 6.34 Å². The zero-order valence-corrected chi connectivity index (χ0v) is 12.7. The molecule has 1 rings (SSSR count). The molecule has 20 heavy (non-hydrogen) atoms. The average molecular weight is 275 g/mol. The number of allylic oxidation sites excluding steroid dienone is 4. The van der Waals surface area contributed by atoms with E-state index in [9.17, 15) is 0 Å².